The number of hydrogen-bond donors (Lipinski definition) is 0. The van der Waals surface area contributed by atoms with Crippen molar-refractivity contribution in [3.05, 3.63) is 65.0 Å². The Morgan fingerprint density at radius 3 is 2.82 bits per heavy atom. The van der Waals surface area contributed by atoms with E-state index in [0.717, 1.165) is 24.2 Å². The monoisotopic (exact) mass is 390 g/mol. The van der Waals surface area contributed by atoms with Crippen molar-refractivity contribution in [3.8, 4) is 11.4 Å². The molecule has 28 heavy (non-hydrogen) atoms. The van der Waals surface area contributed by atoms with Gasteiger partial charge in [-0.25, -0.2) is 4.98 Å². The smallest absolute Gasteiger partial charge is 0.241 e. The molecule has 1 saturated heterocycles. The highest BCUT2D eigenvalue weighted by molar-refractivity contribution is 7.18. The number of fused-ring (bicyclic) bond motifs is 1. The van der Waals surface area contributed by atoms with E-state index in [-0.39, 0.29) is 0 Å². The van der Waals surface area contributed by atoms with E-state index in [0.29, 0.717) is 24.2 Å². The van der Waals surface area contributed by atoms with Crippen molar-refractivity contribution >= 4 is 21.6 Å². The van der Waals surface area contributed by atoms with Gasteiger partial charge in [0, 0.05) is 18.0 Å². The number of hydrogen-bond acceptors (Lipinski definition) is 6. The van der Waals surface area contributed by atoms with Crippen LogP contribution in [0.4, 0.5) is 0 Å². The van der Waals surface area contributed by atoms with Gasteiger partial charge in [-0.1, -0.05) is 47.1 Å². The van der Waals surface area contributed by atoms with E-state index in [4.69, 9.17) is 9.51 Å². The summed E-state index contributed by atoms with van der Waals surface area (Å²) in [5, 5.41) is 5.41. The van der Waals surface area contributed by atoms with E-state index in [2.05, 4.69) is 58.4 Å². The van der Waals surface area contributed by atoms with Crippen molar-refractivity contribution < 1.29 is 4.52 Å². The van der Waals surface area contributed by atoms with Crippen LogP contribution in [0.1, 0.15) is 35.2 Å². The van der Waals surface area contributed by atoms with Crippen LogP contribution in [0.2, 0.25) is 0 Å². The Morgan fingerprint density at radius 2 is 1.96 bits per heavy atom. The zero-order chi connectivity index (χ0) is 18.9. The summed E-state index contributed by atoms with van der Waals surface area (Å²) in [6.07, 6.45) is 2.36. The first kappa shape index (κ1) is 17.5. The third-order valence-corrected chi connectivity index (χ3v) is 6.50. The van der Waals surface area contributed by atoms with Crippen LogP contribution < -0.4 is 0 Å². The molecular formula is C22H22N4OS. The second kappa shape index (κ2) is 7.45. The Labute approximate surface area is 168 Å². The second-order valence-electron chi connectivity index (χ2n) is 7.47. The lowest BCUT2D eigenvalue weighted by Crippen LogP contribution is -2.33. The van der Waals surface area contributed by atoms with Crippen LogP contribution in [-0.2, 0) is 6.54 Å². The summed E-state index contributed by atoms with van der Waals surface area (Å²) < 4.78 is 6.80. The number of piperidine rings is 1. The van der Waals surface area contributed by atoms with Gasteiger partial charge < -0.3 is 4.52 Å². The Morgan fingerprint density at radius 1 is 1.11 bits per heavy atom. The van der Waals surface area contributed by atoms with E-state index >= 15 is 0 Å². The predicted octanol–water partition coefficient (Wildman–Crippen LogP) is 5.03. The van der Waals surface area contributed by atoms with Crippen LogP contribution in [0.5, 0.6) is 0 Å². The average Bonchev–Trinajstić information content (AvgIpc) is 3.36. The fourth-order valence-corrected chi connectivity index (χ4v) is 4.89. The molecule has 0 unspecified atom stereocenters. The van der Waals surface area contributed by atoms with Crippen LogP contribution in [0.25, 0.3) is 21.6 Å². The van der Waals surface area contributed by atoms with Crippen molar-refractivity contribution in [2.24, 2.45) is 0 Å². The number of aryl methyl sites for hydroxylation is 1. The van der Waals surface area contributed by atoms with Crippen molar-refractivity contribution in [1.29, 1.82) is 0 Å². The van der Waals surface area contributed by atoms with Crippen molar-refractivity contribution in [3.63, 3.8) is 0 Å². The molecule has 1 atom stereocenters. The molecule has 1 fully saturated rings. The molecule has 3 heterocycles. The van der Waals surface area contributed by atoms with Crippen molar-refractivity contribution in [2.75, 3.05) is 13.1 Å². The minimum Gasteiger partial charge on any atom is -0.338 e. The minimum atomic E-state index is 0.477. The highest BCUT2D eigenvalue weighted by Gasteiger charge is 2.25. The first-order valence-corrected chi connectivity index (χ1v) is 10.5. The number of nitrogens with zero attached hydrogens (tertiary/aromatic N) is 4. The van der Waals surface area contributed by atoms with Gasteiger partial charge in [0.2, 0.25) is 11.7 Å². The maximum Gasteiger partial charge on any atom is 0.241 e. The van der Waals surface area contributed by atoms with Gasteiger partial charge in [0.25, 0.3) is 0 Å². The molecule has 0 spiro atoms. The van der Waals surface area contributed by atoms with E-state index in [1.807, 2.05) is 23.5 Å². The molecule has 5 rings (SSSR count). The Hall–Kier alpha value is -2.57. The highest BCUT2D eigenvalue weighted by Crippen LogP contribution is 2.33. The number of aromatic nitrogens is 3. The van der Waals surface area contributed by atoms with Gasteiger partial charge in [-0.05, 0) is 38.4 Å². The molecule has 0 bridgehead atoms. The lowest BCUT2D eigenvalue weighted by Gasteiger charge is -2.30. The Kier molecular flexibility index (Phi) is 4.66. The van der Waals surface area contributed by atoms with Gasteiger partial charge in [-0.2, -0.15) is 4.98 Å². The normalized spacial score (nSPS) is 18.0. The zero-order valence-electron chi connectivity index (χ0n) is 15.8. The maximum atomic E-state index is 5.53. The molecule has 0 aliphatic carbocycles. The Balaban J connectivity index is 1.28. The van der Waals surface area contributed by atoms with Crippen LogP contribution in [0, 0.1) is 6.92 Å². The third-order valence-electron chi connectivity index (χ3n) is 5.30. The van der Waals surface area contributed by atoms with Crippen molar-refractivity contribution in [2.45, 2.75) is 32.2 Å². The van der Waals surface area contributed by atoms with Crippen LogP contribution in [0.15, 0.2) is 53.1 Å². The summed E-state index contributed by atoms with van der Waals surface area (Å²) in [4.78, 5) is 11.9. The largest absolute Gasteiger partial charge is 0.338 e. The molecule has 0 radical (unpaired) electrons. The lowest BCUT2D eigenvalue weighted by molar-refractivity contribution is 0.177. The number of likely N-dealkylation sites (tertiary alicyclic amines) is 1. The SMILES string of the molecule is Cc1ccc(-c2noc(CN3CCC[C@@H](c4nc5ccccc5s4)C3)n2)cc1. The van der Waals surface area contributed by atoms with E-state index < -0.39 is 0 Å². The summed E-state index contributed by atoms with van der Waals surface area (Å²) >= 11 is 1.83. The first-order valence-electron chi connectivity index (χ1n) is 9.72. The second-order valence-corrected chi connectivity index (χ2v) is 8.53. The van der Waals surface area contributed by atoms with Gasteiger partial charge in [-0.3, -0.25) is 4.90 Å². The molecule has 0 saturated carbocycles. The average molecular weight is 391 g/mol. The molecule has 2 aromatic heterocycles. The quantitative estimate of drug-likeness (QED) is 0.489. The molecule has 2 aromatic carbocycles. The van der Waals surface area contributed by atoms with E-state index in [1.54, 1.807) is 0 Å². The molecule has 5 nitrogen and oxygen atoms in total. The standard InChI is InChI=1S/C22H22N4OS/c1-15-8-10-16(11-9-15)21-24-20(27-25-21)14-26-12-4-5-17(13-26)22-23-18-6-2-3-7-19(18)28-22/h2-3,6-11,17H,4-5,12-14H2,1H3/t17-/m1/s1. The van der Waals surface area contributed by atoms with E-state index in [1.165, 1.54) is 28.1 Å². The fraction of sp³-hybridized carbons (Fsp3) is 0.318. The van der Waals surface area contributed by atoms with Crippen molar-refractivity contribution in [1.82, 2.24) is 20.0 Å². The van der Waals surface area contributed by atoms with Crippen LogP contribution >= 0.6 is 11.3 Å². The first-order chi connectivity index (χ1) is 13.7. The molecule has 6 heteroatoms. The van der Waals surface area contributed by atoms with Gasteiger partial charge in [0.1, 0.15) is 0 Å². The lowest BCUT2D eigenvalue weighted by atomic mass is 9.99. The molecular weight excluding hydrogens is 368 g/mol. The number of rotatable bonds is 4. The van der Waals surface area contributed by atoms with Gasteiger partial charge in [0.05, 0.1) is 21.8 Å². The molecule has 1 aliphatic rings. The molecule has 0 amide bonds. The van der Waals surface area contributed by atoms with Crippen LogP contribution in [0.3, 0.4) is 0 Å². The fourth-order valence-electron chi connectivity index (χ4n) is 3.80. The number of benzene rings is 2. The van der Waals surface area contributed by atoms with Gasteiger partial charge in [-0.15, -0.1) is 11.3 Å². The summed E-state index contributed by atoms with van der Waals surface area (Å²) in [7, 11) is 0. The van der Waals surface area contributed by atoms with Crippen LogP contribution in [-0.4, -0.2) is 33.1 Å². The molecule has 4 aromatic rings. The highest BCUT2D eigenvalue weighted by atomic mass is 32.1. The number of para-hydroxylation sites is 1. The number of thiazole rings is 1. The minimum absolute atomic E-state index is 0.477. The Bertz CT molecular complexity index is 1050. The third kappa shape index (κ3) is 3.57. The maximum absolute atomic E-state index is 5.53. The van der Waals surface area contributed by atoms with Gasteiger partial charge >= 0.3 is 0 Å². The predicted molar refractivity (Wildman–Crippen MR) is 111 cm³/mol. The topological polar surface area (TPSA) is 55.1 Å². The summed E-state index contributed by atoms with van der Waals surface area (Å²) in [6.45, 7) is 4.82. The zero-order valence-corrected chi connectivity index (χ0v) is 16.7. The van der Waals surface area contributed by atoms with Gasteiger partial charge in [0.15, 0.2) is 0 Å². The summed E-state index contributed by atoms with van der Waals surface area (Å²) in [6, 6.07) is 16.6. The van der Waals surface area contributed by atoms with E-state index in [9.17, 15) is 0 Å². The molecule has 1 aliphatic heterocycles. The molecule has 0 N–H and O–H groups in total. The molecule has 142 valence electrons. The summed E-state index contributed by atoms with van der Waals surface area (Å²) in [5.74, 6) is 1.82. The summed E-state index contributed by atoms with van der Waals surface area (Å²) in [5.41, 5.74) is 3.33.